The van der Waals surface area contributed by atoms with E-state index in [9.17, 15) is 8.42 Å². The van der Waals surface area contributed by atoms with E-state index in [0.29, 0.717) is 60.9 Å². The van der Waals surface area contributed by atoms with Crippen LogP contribution in [-0.4, -0.2) is 60.7 Å². The molecule has 0 radical (unpaired) electrons. The lowest BCUT2D eigenvalue weighted by molar-refractivity contribution is 0.310. The summed E-state index contributed by atoms with van der Waals surface area (Å²) in [5.41, 5.74) is 4.51. The molecule has 520 valence electrons. The Labute approximate surface area is 594 Å². The van der Waals surface area contributed by atoms with Crippen molar-refractivity contribution in [2.75, 3.05) is 52.3 Å². The summed E-state index contributed by atoms with van der Waals surface area (Å²) in [7, 11) is -11.8. The van der Waals surface area contributed by atoms with Crippen LogP contribution in [-0.2, 0) is 40.2 Å². The lowest BCUT2D eigenvalue weighted by Crippen LogP contribution is -2.13. The van der Waals surface area contributed by atoms with Crippen LogP contribution in [0.4, 0.5) is 11.7 Å². The maximum absolute atomic E-state index is 15.4. The molecule has 100 heavy (non-hydrogen) atoms. The van der Waals surface area contributed by atoms with Crippen molar-refractivity contribution in [1.29, 1.82) is 0 Å². The molecule has 0 aromatic heterocycles. The number of halogens is 3. The molecule has 0 amide bonds. The highest BCUT2D eigenvalue weighted by molar-refractivity contribution is 8.33. The zero-order chi connectivity index (χ0) is 68.8. The van der Waals surface area contributed by atoms with Gasteiger partial charge in [-0.15, -0.1) is 0 Å². The van der Waals surface area contributed by atoms with Gasteiger partial charge < -0.3 is 18.9 Å². The number of hydrogen-bond donors (Lipinski definition) is 0. The number of fused-ring (bicyclic) bond motifs is 4. The van der Waals surface area contributed by atoms with Gasteiger partial charge in [0, 0.05) is 87.1 Å². The van der Waals surface area contributed by atoms with E-state index in [1.165, 1.54) is 0 Å². The third-order valence-corrected chi connectivity index (χ3v) is 33.0. The van der Waals surface area contributed by atoms with Crippen molar-refractivity contribution < 1.29 is 42.7 Å². The molecule has 0 bridgehead atoms. The second-order valence-corrected chi connectivity index (χ2v) is 39.3. The third kappa shape index (κ3) is 16.8. The minimum Gasteiger partial charge on any atom is -0.488 e. The van der Waals surface area contributed by atoms with Crippen LogP contribution < -0.4 is 18.9 Å². The van der Waals surface area contributed by atoms with Crippen molar-refractivity contribution in [3.8, 4) is 23.0 Å². The average molecular weight is 1440 g/mol. The van der Waals surface area contributed by atoms with Gasteiger partial charge in [-0.25, -0.2) is 3.63 Å². The summed E-state index contributed by atoms with van der Waals surface area (Å²) in [4.78, 5) is 3.73. The van der Waals surface area contributed by atoms with E-state index in [4.69, 9.17) is 22.6 Å². The second kappa shape index (κ2) is 32.3. The van der Waals surface area contributed by atoms with Crippen LogP contribution >= 0.6 is 41.6 Å². The van der Waals surface area contributed by atoms with Crippen LogP contribution in [0.1, 0.15) is 73.6 Å². The number of hydrogen-bond acceptors (Lipinski definition) is 7. The van der Waals surface area contributed by atoms with Gasteiger partial charge in [0.05, 0.1) is 6.26 Å². The Kier molecular flexibility index (Phi) is 22.8. The Balaban J connectivity index is 0.000000120. The Hall–Kier alpha value is -8.02. The maximum atomic E-state index is 15.4. The van der Waals surface area contributed by atoms with Crippen LogP contribution in [0.15, 0.2) is 287 Å². The van der Waals surface area contributed by atoms with Crippen LogP contribution in [0, 0.1) is 0 Å². The molecule has 4 aliphatic heterocycles. The first-order valence-electron chi connectivity index (χ1n) is 34.6. The molecular weight excluding hydrogens is 1350 g/mol. The Morgan fingerprint density at radius 2 is 0.480 bits per heavy atom. The van der Waals surface area contributed by atoms with E-state index in [1.54, 1.807) is 0 Å². The predicted molar refractivity (Wildman–Crippen MR) is 417 cm³/mol. The molecule has 0 unspecified atom stereocenters. The fourth-order valence-corrected chi connectivity index (χ4v) is 28.2. The van der Waals surface area contributed by atoms with E-state index in [2.05, 4.69) is 36.4 Å². The van der Waals surface area contributed by atoms with Crippen molar-refractivity contribution in [3.05, 3.63) is 289 Å². The van der Waals surface area contributed by atoms with E-state index < -0.39 is 51.7 Å². The van der Waals surface area contributed by atoms with Crippen molar-refractivity contribution in [2.45, 2.75) is 97.4 Å². The number of rotatable bonds is 18. The number of ether oxygens (including phenoxy) is 4. The van der Waals surface area contributed by atoms with E-state index in [1.807, 2.05) is 231 Å². The van der Waals surface area contributed by atoms with Gasteiger partial charge in [0.25, 0.3) is 10.1 Å². The summed E-state index contributed by atoms with van der Waals surface area (Å²) >= 11 is 0. The van der Waals surface area contributed by atoms with Crippen molar-refractivity contribution >= 4 is 94.8 Å². The van der Waals surface area contributed by atoms with Gasteiger partial charge in [-0.3, -0.25) is 0 Å². The molecule has 4 heterocycles. The summed E-state index contributed by atoms with van der Waals surface area (Å²) in [6.45, 7) is 2.06. The van der Waals surface area contributed by atoms with Crippen LogP contribution in [0.5, 0.6) is 23.0 Å². The molecule has 0 spiro atoms. The highest BCUT2D eigenvalue weighted by Gasteiger charge is 2.38. The molecule has 0 aliphatic carbocycles. The van der Waals surface area contributed by atoms with Gasteiger partial charge in [0.15, 0.2) is 0 Å². The molecular formula is C85H87F3O7S5. The van der Waals surface area contributed by atoms with Gasteiger partial charge in [-0.05, 0) is 144 Å². The molecule has 4 saturated heterocycles. The van der Waals surface area contributed by atoms with Crippen molar-refractivity contribution in [1.82, 2.24) is 0 Å². The Morgan fingerprint density at radius 3 is 0.730 bits per heavy atom. The molecule has 0 N–H and O–H groups in total. The molecule has 4 fully saturated rings. The first kappa shape index (κ1) is 70.4. The zero-order valence-corrected chi connectivity index (χ0v) is 60.7. The predicted octanol–water partition coefficient (Wildman–Crippen LogP) is 24.0. The second-order valence-electron chi connectivity index (χ2n) is 25.9. The SMILES string of the molecule is CS(=O)(=O)OS1(c2ccc(OCc3ccccc3)c3ccccc23)CCCC1.FS1(c2ccc(OCc3ccccc3)c3ccccc23)CCCC1.FS1(c2ccc(OCc3ccccc3)c3ccccc23)CCCC1.FS1(c2ccc(OCc3ccccc3)c3ccccc23)CCCC1. The van der Waals surface area contributed by atoms with Crippen LogP contribution in [0.3, 0.4) is 0 Å². The largest absolute Gasteiger partial charge is 0.488 e. The average Bonchev–Trinajstić information content (AvgIpc) is 1.37. The first-order chi connectivity index (χ1) is 48.8. The molecule has 12 aromatic rings. The molecule has 0 saturated carbocycles. The van der Waals surface area contributed by atoms with Crippen LogP contribution in [0.25, 0.3) is 43.1 Å². The van der Waals surface area contributed by atoms with Gasteiger partial charge in [0.2, 0.25) is 0 Å². The van der Waals surface area contributed by atoms with Crippen molar-refractivity contribution in [3.63, 3.8) is 0 Å². The Bertz CT molecular complexity index is 4470. The lowest BCUT2D eigenvalue weighted by Gasteiger charge is -2.35. The van der Waals surface area contributed by atoms with E-state index in [0.717, 1.165) is 177 Å². The Morgan fingerprint density at radius 1 is 0.270 bits per heavy atom. The summed E-state index contributed by atoms with van der Waals surface area (Å²) < 4.78 is 100. The fourth-order valence-electron chi connectivity index (χ4n) is 14.0. The zero-order valence-electron chi connectivity index (χ0n) is 56.6. The smallest absolute Gasteiger partial charge is 0.273 e. The van der Waals surface area contributed by atoms with E-state index in [-0.39, 0.29) is 0 Å². The summed E-state index contributed by atoms with van der Waals surface area (Å²) in [5, 5.41) is 8.11. The summed E-state index contributed by atoms with van der Waals surface area (Å²) in [5.74, 6) is 9.13. The van der Waals surface area contributed by atoms with Gasteiger partial charge in [0.1, 0.15) is 49.4 Å². The standard InChI is InChI=1S/C22H24O4S2.3C21H21FOS/c1-27(23,24)26-28(15-7-8-16-28)22-14-13-21(19-11-5-6-12-20(19)22)25-17-18-9-3-2-4-10-18;3*22-24(14-6-7-15-24)21-13-12-20(18-10-4-5-11-19(18)21)23-16-17-8-2-1-3-9-17/h2-6,9-14H,7-8,15-17H2,1H3;3*1-5,8-13H,6-7,14-16H2. The summed E-state index contributed by atoms with van der Waals surface area (Å²) in [6.07, 6.45) is 9.17. The van der Waals surface area contributed by atoms with Gasteiger partial charge in [-0.2, -0.15) is 20.1 Å². The minimum absolute atomic E-state index is 0.488. The van der Waals surface area contributed by atoms with E-state index >= 15 is 11.7 Å². The molecule has 4 aliphatic rings. The number of benzene rings is 12. The topological polar surface area (TPSA) is 80.3 Å². The maximum Gasteiger partial charge on any atom is 0.273 e. The minimum atomic E-state index is -3.53. The molecule has 15 heteroatoms. The molecule has 12 aromatic carbocycles. The quantitative estimate of drug-likeness (QED) is 0.0847. The molecule has 7 nitrogen and oxygen atoms in total. The first-order valence-corrected chi connectivity index (χ1v) is 44.0. The molecule has 0 atom stereocenters. The lowest BCUT2D eigenvalue weighted by atomic mass is 10.1. The monoisotopic (exact) mass is 1440 g/mol. The van der Waals surface area contributed by atoms with Crippen LogP contribution in [0.2, 0.25) is 0 Å². The van der Waals surface area contributed by atoms with Gasteiger partial charge >= 0.3 is 0 Å². The third-order valence-electron chi connectivity index (χ3n) is 18.9. The fraction of sp³-hybridized carbons (Fsp3) is 0.247. The normalized spacial score (nSPS) is 17.6. The summed E-state index contributed by atoms with van der Waals surface area (Å²) in [6, 6.07) is 88.3. The van der Waals surface area contributed by atoms with Crippen molar-refractivity contribution in [2.24, 2.45) is 0 Å². The molecule has 16 rings (SSSR count). The highest BCUT2D eigenvalue weighted by Crippen LogP contribution is 2.67. The highest BCUT2D eigenvalue weighted by atomic mass is 32.3. The van der Waals surface area contributed by atoms with Gasteiger partial charge in [-0.1, -0.05) is 260 Å².